The first-order chi connectivity index (χ1) is 14.7. The molecule has 2 aliphatic heterocycles. The third-order valence-corrected chi connectivity index (χ3v) is 4.92. The van der Waals surface area contributed by atoms with Gasteiger partial charge in [0.15, 0.2) is 5.75 Å². The monoisotopic (exact) mass is 405 g/mol. The lowest BCUT2D eigenvalue weighted by Gasteiger charge is -2.27. The molecule has 30 heavy (non-hydrogen) atoms. The van der Waals surface area contributed by atoms with Gasteiger partial charge in [0.25, 0.3) is 0 Å². The van der Waals surface area contributed by atoms with Gasteiger partial charge in [0.2, 0.25) is 17.7 Å². The number of carbonyl (C=O) groups excluding carboxylic acids is 1. The number of piperazine rings is 1. The van der Waals surface area contributed by atoms with Crippen LogP contribution in [0.4, 0.5) is 11.6 Å². The molecule has 1 saturated heterocycles. The number of nitrogens with one attached hydrogen (secondary N) is 3. The number of ether oxygens (including phenoxy) is 1. The Hall–Kier alpha value is -3.64. The molecule has 0 radical (unpaired) electrons. The van der Waals surface area contributed by atoms with Crippen molar-refractivity contribution < 1.29 is 9.53 Å². The number of hydrogen-bond acceptors (Lipinski definition) is 8. The number of aromatic nitrogens is 2. The highest BCUT2D eigenvalue weighted by atomic mass is 16.5. The molecule has 3 N–H and O–H groups in total. The fourth-order valence-electron chi connectivity index (χ4n) is 3.35. The Morgan fingerprint density at radius 3 is 2.90 bits per heavy atom. The molecule has 3 heterocycles. The van der Waals surface area contributed by atoms with Crippen LogP contribution in [-0.4, -0.2) is 53.5 Å². The van der Waals surface area contributed by atoms with E-state index in [1.54, 1.807) is 12.3 Å². The van der Waals surface area contributed by atoms with Crippen molar-refractivity contribution in [1.29, 1.82) is 5.26 Å². The zero-order valence-electron chi connectivity index (χ0n) is 16.5. The Morgan fingerprint density at radius 2 is 2.10 bits per heavy atom. The summed E-state index contributed by atoms with van der Waals surface area (Å²) in [5, 5.41) is 19.1. The molecule has 0 unspecified atom stereocenters. The van der Waals surface area contributed by atoms with E-state index in [0.717, 1.165) is 31.9 Å². The van der Waals surface area contributed by atoms with E-state index in [0.29, 0.717) is 48.2 Å². The SMILES string of the molecule is N#CC(=C1Nc2ccccc2O1)c1ccnc(NCCCC(=O)N2CCNCC2)n1. The molecule has 9 nitrogen and oxygen atoms in total. The molecule has 9 heteroatoms. The fourth-order valence-corrected chi connectivity index (χ4v) is 3.35. The third-order valence-electron chi connectivity index (χ3n) is 4.92. The minimum absolute atomic E-state index is 0.175. The summed E-state index contributed by atoms with van der Waals surface area (Å²) in [5.41, 5.74) is 1.56. The predicted molar refractivity (Wildman–Crippen MR) is 112 cm³/mol. The van der Waals surface area contributed by atoms with Gasteiger partial charge in [-0.3, -0.25) is 4.79 Å². The molecular formula is C21H23N7O2. The summed E-state index contributed by atoms with van der Waals surface area (Å²) in [5.74, 6) is 1.60. The molecule has 1 amide bonds. The number of amides is 1. The number of fused-ring (bicyclic) bond motifs is 1. The van der Waals surface area contributed by atoms with Crippen LogP contribution in [0.3, 0.4) is 0 Å². The second-order valence-electron chi connectivity index (χ2n) is 6.97. The highest BCUT2D eigenvalue weighted by Gasteiger charge is 2.22. The Labute approximate surface area is 174 Å². The van der Waals surface area contributed by atoms with Crippen LogP contribution >= 0.6 is 0 Å². The maximum atomic E-state index is 12.2. The molecule has 1 aromatic heterocycles. The highest BCUT2D eigenvalue weighted by Crippen LogP contribution is 2.35. The van der Waals surface area contributed by atoms with Crippen LogP contribution in [0.1, 0.15) is 18.5 Å². The van der Waals surface area contributed by atoms with Crippen LogP contribution in [0, 0.1) is 11.3 Å². The smallest absolute Gasteiger partial charge is 0.223 e. The molecule has 0 atom stereocenters. The summed E-state index contributed by atoms with van der Waals surface area (Å²) in [6, 6.07) is 11.3. The Kier molecular flexibility index (Phi) is 6.06. The highest BCUT2D eigenvalue weighted by molar-refractivity contribution is 5.81. The Balaban J connectivity index is 1.35. The fraction of sp³-hybridized carbons (Fsp3) is 0.333. The number of nitrogens with zero attached hydrogens (tertiary/aromatic N) is 4. The normalized spacial score (nSPS) is 16.7. The topological polar surface area (TPSA) is 115 Å². The molecule has 2 aromatic rings. The zero-order valence-corrected chi connectivity index (χ0v) is 16.5. The summed E-state index contributed by atoms with van der Waals surface area (Å²) in [4.78, 5) is 22.7. The maximum absolute atomic E-state index is 12.2. The lowest BCUT2D eigenvalue weighted by molar-refractivity contribution is -0.131. The van der Waals surface area contributed by atoms with Crippen molar-refractivity contribution in [2.24, 2.45) is 0 Å². The van der Waals surface area contributed by atoms with Gasteiger partial charge in [-0.1, -0.05) is 12.1 Å². The van der Waals surface area contributed by atoms with E-state index in [2.05, 4.69) is 32.0 Å². The largest absolute Gasteiger partial charge is 0.437 e. The van der Waals surface area contributed by atoms with Gasteiger partial charge in [-0.15, -0.1) is 0 Å². The summed E-state index contributed by atoms with van der Waals surface area (Å²) < 4.78 is 5.76. The van der Waals surface area contributed by atoms with Gasteiger partial charge in [0.05, 0.1) is 11.4 Å². The van der Waals surface area contributed by atoms with Crippen molar-refractivity contribution in [3.63, 3.8) is 0 Å². The van der Waals surface area contributed by atoms with Crippen LogP contribution in [-0.2, 0) is 4.79 Å². The van der Waals surface area contributed by atoms with Crippen molar-refractivity contribution in [3.05, 3.63) is 48.1 Å². The number of hydrogen-bond donors (Lipinski definition) is 3. The second kappa shape index (κ2) is 9.24. The molecule has 4 rings (SSSR count). The number of carbonyl (C=O) groups is 1. The zero-order chi connectivity index (χ0) is 20.8. The molecule has 0 aliphatic carbocycles. The quantitative estimate of drug-likeness (QED) is 0.492. The van der Waals surface area contributed by atoms with Gasteiger partial charge in [0.1, 0.15) is 11.6 Å². The molecule has 154 valence electrons. The molecular weight excluding hydrogens is 382 g/mol. The van der Waals surface area contributed by atoms with Crippen LogP contribution in [0.5, 0.6) is 5.75 Å². The number of anilines is 2. The standard InChI is InChI=1S/C21H23N7O2/c22-14-15(20-26-17-4-1-2-5-18(17)30-20)16-7-9-25-21(27-16)24-8-3-6-19(29)28-12-10-23-11-13-28/h1-2,4-5,7,9,23,26H,3,6,8,10-13H2,(H,24,25,27). The number of rotatable bonds is 6. The van der Waals surface area contributed by atoms with Gasteiger partial charge >= 0.3 is 0 Å². The van der Waals surface area contributed by atoms with Gasteiger partial charge in [-0.25, -0.2) is 9.97 Å². The second-order valence-corrected chi connectivity index (χ2v) is 6.97. The first-order valence-electron chi connectivity index (χ1n) is 9.98. The average Bonchev–Trinajstić information content (AvgIpc) is 3.22. The lowest BCUT2D eigenvalue weighted by Crippen LogP contribution is -2.46. The van der Waals surface area contributed by atoms with Crippen molar-refractivity contribution in [1.82, 2.24) is 20.2 Å². The van der Waals surface area contributed by atoms with Gasteiger partial charge in [-0.05, 0) is 24.6 Å². The van der Waals surface area contributed by atoms with Crippen molar-refractivity contribution in [2.75, 3.05) is 43.4 Å². The Morgan fingerprint density at radius 1 is 1.27 bits per heavy atom. The molecule has 1 aromatic carbocycles. The van der Waals surface area contributed by atoms with E-state index in [9.17, 15) is 10.1 Å². The van der Waals surface area contributed by atoms with Crippen LogP contribution in [0.25, 0.3) is 5.57 Å². The summed E-state index contributed by atoms with van der Waals surface area (Å²) in [6.45, 7) is 3.81. The van der Waals surface area contributed by atoms with Gasteiger partial charge in [0, 0.05) is 45.3 Å². The van der Waals surface area contributed by atoms with E-state index >= 15 is 0 Å². The van der Waals surface area contributed by atoms with Crippen molar-refractivity contribution in [3.8, 4) is 11.8 Å². The summed E-state index contributed by atoms with van der Waals surface area (Å²) >= 11 is 0. The lowest BCUT2D eigenvalue weighted by atomic mass is 10.2. The first kappa shape index (κ1) is 19.7. The van der Waals surface area contributed by atoms with Crippen molar-refractivity contribution >= 4 is 23.1 Å². The predicted octanol–water partition coefficient (Wildman–Crippen LogP) is 1.80. The van der Waals surface area contributed by atoms with E-state index < -0.39 is 0 Å². The molecule has 0 saturated carbocycles. The van der Waals surface area contributed by atoms with Crippen LogP contribution < -0.4 is 20.7 Å². The average molecular weight is 405 g/mol. The summed E-state index contributed by atoms with van der Waals surface area (Å²) in [6.07, 6.45) is 2.76. The van der Waals surface area contributed by atoms with E-state index in [-0.39, 0.29) is 5.91 Å². The molecule has 1 fully saturated rings. The molecule has 0 bridgehead atoms. The third kappa shape index (κ3) is 4.50. The van der Waals surface area contributed by atoms with E-state index in [4.69, 9.17) is 4.74 Å². The maximum Gasteiger partial charge on any atom is 0.223 e. The molecule has 0 spiro atoms. The molecule has 2 aliphatic rings. The first-order valence-corrected chi connectivity index (χ1v) is 9.98. The minimum Gasteiger partial charge on any atom is -0.437 e. The van der Waals surface area contributed by atoms with Crippen LogP contribution in [0.2, 0.25) is 0 Å². The summed E-state index contributed by atoms with van der Waals surface area (Å²) in [7, 11) is 0. The van der Waals surface area contributed by atoms with Gasteiger partial charge in [-0.2, -0.15) is 5.26 Å². The van der Waals surface area contributed by atoms with Gasteiger partial charge < -0.3 is 25.6 Å². The number of benzene rings is 1. The van der Waals surface area contributed by atoms with Crippen molar-refractivity contribution in [2.45, 2.75) is 12.8 Å². The number of nitriles is 1. The van der Waals surface area contributed by atoms with E-state index in [1.165, 1.54) is 0 Å². The number of para-hydroxylation sites is 2. The van der Waals surface area contributed by atoms with E-state index in [1.807, 2.05) is 29.2 Å². The minimum atomic E-state index is 0.175. The van der Waals surface area contributed by atoms with Crippen LogP contribution in [0.15, 0.2) is 42.4 Å². The Bertz CT molecular complexity index is 966. The number of allylic oxidation sites excluding steroid dienone is 1.